The largest absolute Gasteiger partial charge is 0.493 e. The summed E-state index contributed by atoms with van der Waals surface area (Å²) < 4.78 is 34.5. The van der Waals surface area contributed by atoms with Gasteiger partial charge in [-0.15, -0.1) is 0 Å². The summed E-state index contributed by atoms with van der Waals surface area (Å²) in [6.07, 6.45) is -0.212. The maximum atomic E-state index is 13.0. The lowest BCUT2D eigenvalue weighted by Crippen LogP contribution is -2.37. The monoisotopic (exact) mass is 377 g/mol. The van der Waals surface area contributed by atoms with E-state index in [4.69, 9.17) is 18.9 Å². The van der Waals surface area contributed by atoms with Crippen molar-refractivity contribution in [1.82, 2.24) is 5.32 Å². The molecule has 0 aliphatic rings. The summed E-state index contributed by atoms with van der Waals surface area (Å²) in [6.45, 7) is 2.10. The molecular formula is C20H24FNO5. The van der Waals surface area contributed by atoms with Crippen LogP contribution in [0.5, 0.6) is 23.0 Å². The van der Waals surface area contributed by atoms with Gasteiger partial charge in [-0.3, -0.25) is 4.79 Å². The molecule has 0 heterocycles. The van der Waals surface area contributed by atoms with Crippen molar-refractivity contribution in [1.29, 1.82) is 0 Å². The van der Waals surface area contributed by atoms with Gasteiger partial charge in [-0.2, -0.15) is 0 Å². The molecule has 2 aromatic rings. The van der Waals surface area contributed by atoms with Gasteiger partial charge in [-0.05, 0) is 48.4 Å². The van der Waals surface area contributed by atoms with E-state index in [1.54, 1.807) is 12.1 Å². The summed E-state index contributed by atoms with van der Waals surface area (Å²) >= 11 is 0. The second-order valence-electron chi connectivity index (χ2n) is 5.72. The average Bonchev–Trinajstić information content (AvgIpc) is 2.70. The molecule has 6 nitrogen and oxygen atoms in total. The van der Waals surface area contributed by atoms with Crippen LogP contribution in [-0.4, -0.2) is 33.3 Å². The summed E-state index contributed by atoms with van der Waals surface area (Å²) in [5.41, 5.74) is 0.787. The first-order chi connectivity index (χ1) is 13.0. The fourth-order valence-electron chi connectivity index (χ4n) is 2.54. The highest BCUT2D eigenvalue weighted by Gasteiger charge is 2.19. The van der Waals surface area contributed by atoms with E-state index >= 15 is 0 Å². The zero-order chi connectivity index (χ0) is 19.8. The van der Waals surface area contributed by atoms with Crippen molar-refractivity contribution in [3.63, 3.8) is 0 Å². The first kappa shape index (κ1) is 20.4. The summed E-state index contributed by atoms with van der Waals surface area (Å²) in [5.74, 6) is 1.32. The molecule has 0 saturated heterocycles. The van der Waals surface area contributed by atoms with Gasteiger partial charge in [0.05, 0.1) is 21.3 Å². The first-order valence-electron chi connectivity index (χ1n) is 8.51. The molecule has 0 aliphatic heterocycles. The number of hydrogen-bond acceptors (Lipinski definition) is 5. The van der Waals surface area contributed by atoms with Crippen LogP contribution < -0.4 is 24.3 Å². The van der Waals surface area contributed by atoms with Crippen LogP contribution in [0.2, 0.25) is 0 Å². The Balaban J connectivity index is 2.05. The van der Waals surface area contributed by atoms with Gasteiger partial charge in [0.1, 0.15) is 11.6 Å². The Labute approximate surface area is 158 Å². The number of hydrogen-bond donors (Lipinski definition) is 1. The molecule has 2 aromatic carbocycles. The van der Waals surface area contributed by atoms with Gasteiger partial charge in [-0.1, -0.05) is 6.92 Å². The molecule has 146 valence electrons. The standard InChI is InChI=1S/C20H24FNO5/c1-5-16(27-15-8-6-14(21)7-9-15)20(23)22-12-13-10-17(24-2)19(26-4)18(11-13)25-3/h6-11,16H,5,12H2,1-4H3,(H,22,23)/t16-/m0/s1. The fourth-order valence-corrected chi connectivity index (χ4v) is 2.54. The van der Waals surface area contributed by atoms with Crippen molar-refractivity contribution in [3.05, 3.63) is 47.8 Å². The van der Waals surface area contributed by atoms with Gasteiger partial charge in [0.15, 0.2) is 17.6 Å². The van der Waals surface area contributed by atoms with Crippen molar-refractivity contribution in [3.8, 4) is 23.0 Å². The highest BCUT2D eigenvalue weighted by atomic mass is 19.1. The molecule has 0 fully saturated rings. The van der Waals surface area contributed by atoms with E-state index in [0.717, 1.165) is 5.56 Å². The number of amides is 1. The van der Waals surface area contributed by atoms with E-state index in [9.17, 15) is 9.18 Å². The number of benzene rings is 2. The molecule has 0 radical (unpaired) electrons. The lowest BCUT2D eigenvalue weighted by atomic mass is 10.1. The van der Waals surface area contributed by atoms with E-state index in [0.29, 0.717) is 29.4 Å². The summed E-state index contributed by atoms with van der Waals surface area (Å²) in [4.78, 5) is 12.5. The predicted octanol–water partition coefficient (Wildman–Crippen LogP) is 3.33. The molecule has 0 aromatic heterocycles. The van der Waals surface area contributed by atoms with Crippen LogP contribution in [0.1, 0.15) is 18.9 Å². The van der Waals surface area contributed by atoms with Crippen molar-refractivity contribution < 1.29 is 28.1 Å². The minimum Gasteiger partial charge on any atom is -0.493 e. The number of ether oxygens (including phenoxy) is 4. The number of nitrogens with one attached hydrogen (secondary N) is 1. The molecule has 1 N–H and O–H groups in total. The Bertz CT molecular complexity index is 738. The lowest BCUT2D eigenvalue weighted by molar-refractivity contribution is -0.128. The van der Waals surface area contributed by atoms with E-state index in [-0.39, 0.29) is 18.3 Å². The Kier molecular flexibility index (Phi) is 7.28. The number of carbonyl (C=O) groups is 1. The molecule has 0 unspecified atom stereocenters. The highest BCUT2D eigenvalue weighted by molar-refractivity contribution is 5.81. The molecule has 7 heteroatoms. The zero-order valence-electron chi connectivity index (χ0n) is 15.9. The van der Waals surface area contributed by atoms with Gasteiger partial charge in [0.2, 0.25) is 5.75 Å². The quantitative estimate of drug-likeness (QED) is 0.726. The first-order valence-corrected chi connectivity index (χ1v) is 8.51. The third kappa shape index (κ3) is 5.26. The molecule has 0 aliphatic carbocycles. The number of methoxy groups -OCH3 is 3. The lowest BCUT2D eigenvalue weighted by Gasteiger charge is -2.18. The maximum Gasteiger partial charge on any atom is 0.261 e. The Morgan fingerprint density at radius 1 is 1.04 bits per heavy atom. The van der Waals surface area contributed by atoms with Crippen LogP contribution in [0.15, 0.2) is 36.4 Å². The zero-order valence-corrected chi connectivity index (χ0v) is 15.9. The number of carbonyl (C=O) groups excluding carboxylic acids is 1. The Hall–Kier alpha value is -2.96. The van der Waals surface area contributed by atoms with Crippen LogP contribution >= 0.6 is 0 Å². The van der Waals surface area contributed by atoms with E-state index < -0.39 is 6.10 Å². The van der Waals surface area contributed by atoms with Crippen molar-refractivity contribution in [2.45, 2.75) is 26.0 Å². The maximum absolute atomic E-state index is 13.0. The number of halogens is 1. The minimum absolute atomic E-state index is 0.263. The average molecular weight is 377 g/mol. The van der Waals surface area contributed by atoms with Crippen LogP contribution in [0, 0.1) is 5.82 Å². The summed E-state index contributed by atoms with van der Waals surface area (Å²) in [6, 6.07) is 9.09. The van der Waals surface area contributed by atoms with Crippen LogP contribution in [0.3, 0.4) is 0 Å². The van der Waals surface area contributed by atoms with E-state index in [1.807, 2.05) is 6.92 Å². The van der Waals surface area contributed by atoms with Gasteiger partial charge < -0.3 is 24.3 Å². The summed E-state index contributed by atoms with van der Waals surface area (Å²) in [5, 5.41) is 2.83. The molecule has 27 heavy (non-hydrogen) atoms. The van der Waals surface area contributed by atoms with Gasteiger partial charge in [-0.25, -0.2) is 4.39 Å². The molecule has 1 atom stereocenters. The molecule has 1 amide bonds. The molecule has 2 rings (SSSR count). The van der Waals surface area contributed by atoms with Gasteiger partial charge in [0, 0.05) is 6.54 Å². The topological polar surface area (TPSA) is 66.0 Å². The van der Waals surface area contributed by atoms with Crippen molar-refractivity contribution in [2.24, 2.45) is 0 Å². The van der Waals surface area contributed by atoms with Crippen molar-refractivity contribution in [2.75, 3.05) is 21.3 Å². The van der Waals surface area contributed by atoms with Crippen LogP contribution in [0.4, 0.5) is 4.39 Å². The third-order valence-corrected chi connectivity index (χ3v) is 3.95. The molecule has 0 bridgehead atoms. The van der Waals surface area contributed by atoms with E-state index in [1.165, 1.54) is 45.6 Å². The van der Waals surface area contributed by atoms with Crippen LogP contribution in [0.25, 0.3) is 0 Å². The summed E-state index contributed by atoms with van der Waals surface area (Å²) in [7, 11) is 4.59. The molecular weight excluding hydrogens is 353 g/mol. The third-order valence-electron chi connectivity index (χ3n) is 3.95. The second-order valence-corrected chi connectivity index (χ2v) is 5.72. The molecule has 0 spiro atoms. The molecule has 0 saturated carbocycles. The minimum atomic E-state index is -0.683. The van der Waals surface area contributed by atoms with Crippen LogP contribution in [-0.2, 0) is 11.3 Å². The van der Waals surface area contributed by atoms with Gasteiger partial charge >= 0.3 is 0 Å². The second kappa shape index (κ2) is 9.66. The fraction of sp³-hybridized carbons (Fsp3) is 0.350. The highest BCUT2D eigenvalue weighted by Crippen LogP contribution is 2.38. The van der Waals surface area contributed by atoms with Gasteiger partial charge in [0.25, 0.3) is 5.91 Å². The van der Waals surface area contributed by atoms with E-state index in [2.05, 4.69) is 5.32 Å². The normalized spacial score (nSPS) is 11.4. The smallest absolute Gasteiger partial charge is 0.261 e. The SMILES string of the molecule is CC[C@H](Oc1ccc(F)cc1)C(=O)NCc1cc(OC)c(OC)c(OC)c1. The van der Waals surface area contributed by atoms with Crippen molar-refractivity contribution >= 4 is 5.91 Å². The Morgan fingerprint density at radius 2 is 1.63 bits per heavy atom. The Morgan fingerprint density at radius 3 is 2.11 bits per heavy atom. The predicted molar refractivity (Wildman–Crippen MR) is 99.1 cm³/mol. The number of rotatable bonds is 9.